The molecule has 6 aromatic rings. The molecule has 12 fully saturated rings. The van der Waals surface area contributed by atoms with E-state index >= 15 is 0 Å². The summed E-state index contributed by atoms with van der Waals surface area (Å²) < 4.78 is 0. The summed E-state index contributed by atoms with van der Waals surface area (Å²) in [4.78, 5) is 2.58. The molecule has 6 aromatic carbocycles. The van der Waals surface area contributed by atoms with Gasteiger partial charge in [-0.25, -0.2) is 0 Å². The van der Waals surface area contributed by atoms with E-state index < -0.39 is 0 Å². The van der Waals surface area contributed by atoms with Crippen LogP contribution in [0.2, 0.25) is 0 Å². The molecule has 67 heavy (non-hydrogen) atoms. The largest absolute Gasteiger partial charge is 0.310 e. The van der Waals surface area contributed by atoms with Gasteiger partial charge < -0.3 is 4.90 Å². The molecule has 0 N–H and O–H groups in total. The van der Waals surface area contributed by atoms with Gasteiger partial charge in [-0.2, -0.15) is 0 Å². The summed E-state index contributed by atoms with van der Waals surface area (Å²) in [6, 6.07) is 57.1. The number of benzene rings is 6. The van der Waals surface area contributed by atoms with Gasteiger partial charge in [0.1, 0.15) is 0 Å². The van der Waals surface area contributed by atoms with Gasteiger partial charge in [-0.05, 0) is 272 Å². The van der Waals surface area contributed by atoms with E-state index in [1.807, 2.05) is 0 Å². The van der Waals surface area contributed by atoms with Gasteiger partial charge >= 0.3 is 0 Å². The Kier molecular flexibility index (Phi) is 9.46. The molecule has 0 spiro atoms. The zero-order valence-electron chi connectivity index (χ0n) is 39.6. The van der Waals surface area contributed by atoms with Crippen LogP contribution in [0.15, 0.2) is 146 Å². The minimum Gasteiger partial charge on any atom is -0.310 e. The molecule has 12 aliphatic carbocycles. The lowest BCUT2D eigenvalue weighted by Crippen LogP contribution is -2.44. The standard InChI is InChI=1S/C66H69N/c1-3-7-46(8-4-1)48-11-15-59(16-12-48)67(60-17-13-49(14-18-60)47-9-5-2-6-10-47)61-19-20-62(63(39-61)66-55-32-44-23-45(34-55)35-56(66)33-44)50-36-57(64-51-24-40-21-41(26-51)27-52(64)25-40)38-58(37-50)65-53-28-42-22-43(30-53)31-54(65)29-42/h1-20,36-45,51-56,64-66H,21-35H2. The Labute approximate surface area is 400 Å². The zero-order chi connectivity index (χ0) is 43.7. The van der Waals surface area contributed by atoms with Gasteiger partial charge in [-0.1, -0.05) is 109 Å². The fourth-order valence-corrected chi connectivity index (χ4v) is 19.1. The van der Waals surface area contributed by atoms with Gasteiger partial charge in [0.15, 0.2) is 0 Å². The molecular formula is C66H69N. The Morgan fingerprint density at radius 3 is 1.00 bits per heavy atom. The smallest absolute Gasteiger partial charge is 0.0464 e. The zero-order valence-corrected chi connectivity index (χ0v) is 39.6. The fourth-order valence-electron chi connectivity index (χ4n) is 19.1. The van der Waals surface area contributed by atoms with Crippen molar-refractivity contribution in [3.05, 3.63) is 162 Å². The first-order valence-electron chi connectivity index (χ1n) is 27.5. The molecule has 0 atom stereocenters. The van der Waals surface area contributed by atoms with Crippen molar-refractivity contribution in [2.45, 2.75) is 114 Å². The maximum absolute atomic E-state index is 2.88. The van der Waals surface area contributed by atoms with Crippen LogP contribution in [0.5, 0.6) is 0 Å². The summed E-state index contributed by atoms with van der Waals surface area (Å²) >= 11 is 0. The van der Waals surface area contributed by atoms with E-state index in [1.165, 1.54) is 136 Å². The van der Waals surface area contributed by atoms with Crippen LogP contribution in [0.4, 0.5) is 17.1 Å². The van der Waals surface area contributed by atoms with Gasteiger partial charge in [0.2, 0.25) is 0 Å². The van der Waals surface area contributed by atoms with Crippen LogP contribution in [0.25, 0.3) is 33.4 Å². The highest BCUT2D eigenvalue weighted by Crippen LogP contribution is 2.64. The van der Waals surface area contributed by atoms with Gasteiger partial charge in [0.25, 0.3) is 0 Å². The monoisotopic (exact) mass is 876 g/mol. The SMILES string of the molecule is c1ccc(-c2ccc(N(c3ccc(-c4ccccc4)cc3)c3ccc(-c4cc(C5C6CC7CC(C6)CC5C7)cc(C5C6CC7CC(C6)CC5C7)c4)c(C4C5CC6CC(C5)CC4C6)c3)cc2)cc1. The molecule has 18 rings (SSSR count). The third kappa shape index (κ3) is 6.89. The third-order valence-corrected chi connectivity index (χ3v) is 20.9. The van der Waals surface area contributed by atoms with E-state index in [0.29, 0.717) is 5.92 Å². The van der Waals surface area contributed by atoms with E-state index in [2.05, 4.69) is 150 Å². The minimum atomic E-state index is 0.639. The Balaban J connectivity index is 0.894. The van der Waals surface area contributed by atoms with Crippen molar-refractivity contribution in [1.82, 2.24) is 0 Å². The molecule has 1 heteroatoms. The summed E-state index contributed by atoms with van der Waals surface area (Å²) in [7, 11) is 0. The maximum atomic E-state index is 2.88. The van der Waals surface area contributed by atoms with E-state index in [0.717, 1.165) is 82.9 Å². The number of hydrogen-bond acceptors (Lipinski definition) is 1. The highest BCUT2D eigenvalue weighted by Gasteiger charge is 2.52. The van der Waals surface area contributed by atoms with Crippen LogP contribution in [0, 0.1) is 71.0 Å². The lowest BCUT2D eigenvalue weighted by Gasteiger charge is -2.56. The van der Waals surface area contributed by atoms with E-state index in [-0.39, 0.29) is 0 Å². The fraction of sp³-hybridized carbons (Fsp3) is 0.455. The van der Waals surface area contributed by atoms with Gasteiger partial charge in [0.05, 0.1) is 0 Å². The topological polar surface area (TPSA) is 3.24 Å². The van der Waals surface area contributed by atoms with Gasteiger partial charge in [-0.15, -0.1) is 0 Å². The molecule has 12 bridgehead atoms. The summed E-state index contributed by atoms with van der Waals surface area (Å²) in [5.74, 6) is 13.3. The Hall–Kier alpha value is -4.88. The van der Waals surface area contributed by atoms with Crippen LogP contribution in [0.3, 0.4) is 0 Å². The second kappa shape index (κ2) is 15.8. The predicted molar refractivity (Wildman–Crippen MR) is 277 cm³/mol. The Morgan fingerprint density at radius 1 is 0.269 bits per heavy atom. The third-order valence-electron chi connectivity index (χ3n) is 20.9. The highest BCUT2D eigenvalue weighted by molar-refractivity contribution is 5.83. The first-order valence-corrected chi connectivity index (χ1v) is 27.5. The molecule has 0 aliphatic heterocycles. The lowest BCUT2D eigenvalue weighted by molar-refractivity contribution is -0.00495. The second-order valence-electron chi connectivity index (χ2n) is 24.7. The first-order chi connectivity index (χ1) is 33.1. The molecule has 0 radical (unpaired) electrons. The van der Waals surface area contributed by atoms with E-state index in [9.17, 15) is 0 Å². The quantitative estimate of drug-likeness (QED) is 0.140. The molecule has 0 amide bonds. The summed E-state index contributed by atoms with van der Waals surface area (Å²) in [6.07, 6.45) is 22.3. The van der Waals surface area contributed by atoms with Crippen molar-refractivity contribution in [2.75, 3.05) is 4.90 Å². The molecule has 12 aliphatic rings. The van der Waals surface area contributed by atoms with Crippen molar-refractivity contribution in [3.63, 3.8) is 0 Å². The van der Waals surface area contributed by atoms with Crippen molar-refractivity contribution >= 4 is 17.1 Å². The molecular weight excluding hydrogens is 807 g/mol. The number of rotatable bonds is 9. The number of hydrogen-bond donors (Lipinski definition) is 0. The van der Waals surface area contributed by atoms with Crippen LogP contribution >= 0.6 is 0 Å². The van der Waals surface area contributed by atoms with E-state index in [1.54, 1.807) is 27.8 Å². The Bertz CT molecular complexity index is 2550. The maximum Gasteiger partial charge on any atom is 0.0464 e. The second-order valence-corrected chi connectivity index (χ2v) is 24.7. The molecule has 338 valence electrons. The minimum absolute atomic E-state index is 0.639. The normalized spacial score (nSPS) is 35.9. The van der Waals surface area contributed by atoms with Crippen LogP contribution in [-0.4, -0.2) is 0 Å². The number of nitrogens with zero attached hydrogens (tertiary/aromatic N) is 1. The molecule has 0 heterocycles. The molecule has 0 unspecified atom stereocenters. The molecule has 0 saturated heterocycles. The lowest BCUT2D eigenvalue weighted by atomic mass is 9.49. The molecule has 1 nitrogen and oxygen atoms in total. The summed E-state index contributed by atoms with van der Waals surface area (Å²) in [5.41, 5.74) is 17.2. The highest BCUT2D eigenvalue weighted by atomic mass is 15.1. The molecule has 0 aromatic heterocycles. The van der Waals surface area contributed by atoms with Crippen molar-refractivity contribution in [3.8, 4) is 33.4 Å². The average molecular weight is 876 g/mol. The van der Waals surface area contributed by atoms with Crippen molar-refractivity contribution < 1.29 is 0 Å². The summed E-state index contributed by atoms with van der Waals surface area (Å²) in [5, 5.41) is 0. The Morgan fingerprint density at radius 2 is 0.612 bits per heavy atom. The van der Waals surface area contributed by atoms with Crippen LogP contribution in [0.1, 0.15) is 131 Å². The van der Waals surface area contributed by atoms with Crippen LogP contribution < -0.4 is 4.90 Å². The van der Waals surface area contributed by atoms with Gasteiger partial charge in [-0.3, -0.25) is 0 Å². The van der Waals surface area contributed by atoms with Crippen molar-refractivity contribution in [2.24, 2.45) is 71.0 Å². The number of anilines is 3. The van der Waals surface area contributed by atoms with E-state index in [4.69, 9.17) is 0 Å². The summed E-state index contributed by atoms with van der Waals surface area (Å²) in [6.45, 7) is 0. The molecule has 12 saturated carbocycles. The van der Waals surface area contributed by atoms with Gasteiger partial charge in [0, 0.05) is 17.1 Å². The average Bonchev–Trinajstić information content (AvgIpc) is 3.34. The predicted octanol–water partition coefficient (Wildman–Crippen LogP) is 17.8. The van der Waals surface area contributed by atoms with Crippen molar-refractivity contribution in [1.29, 1.82) is 0 Å². The van der Waals surface area contributed by atoms with Crippen LogP contribution in [-0.2, 0) is 0 Å². The first kappa shape index (κ1) is 40.0.